The number of hydrogen-bond acceptors (Lipinski definition) is 1. The van der Waals surface area contributed by atoms with Gasteiger partial charge in [-0.05, 0) is 25.8 Å². The van der Waals surface area contributed by atoms with Gasteiger partial charge in [0.25, 0.3) is 0 Å². The van der Waals surface area contributed by atoms with E-state index >= 15 is 0 Å². The summed E-state index contributed by atoms with van der Waals surface area (Å²) >= 11 is 11.8. The number of allylic oxidation sites excluding steroid dienone is 3. The third-order valence-electron chi connectivity index (χ3n) is 2.62. The molecule has 0 aliphatic heterocycles. The molecule has 0 aliphatic carbocycles. The Balaban J connectivity index is 3.02. The number of rotatable bonds is 4. The molecule has 0 bridgehead atoms. The number of aromatic nitrogens is 2. The fraction of sp³-hybridized carbons (Fsp3) is 0.417. The first-order chi connectivity index (χ1) is 7.47. The predicted molar refractivity (Wildman–Crippen MR) is 70.1 cm³/mol. The summed E-state index contributed by atoms with van der Waals surface area (Å²) in [7, 11) is 0. The van der Waals surface area contributed by atoms with Gasteiger partial charge in [-0.1, -0.05) is 47.9 Å². The van der Waals surface area contributed by atoms with Gasteiger partial charge in [-0.3, -0.25) is 0 Å². The van der Waals surface area contributed by atoms with Gasteiger partial charge >= 0.3 is 0 Å². The molecule has 1 aromatic rings. The lowest BCUT2D eigenvalue weighted by Crippen LogP contribution is -2.03. The van der Waals surface area contributed by atoms with Crippen LogP contribution in [0.3, 0.4) is 0 Å². The maximum Gasteiger partial charge on any atom is 0.166 e. The monoisotopic (exact) mass is 258 g/mol. The molecule has 0 radical (unpaired) electrons. The van der Waals surface area contributed by atoms with Gasteiger partial charge in [0, 0.05) is 0 Å². The Kier molecular flexibility index (Phi) is 4.63. The quantitative estimate of drug-likeness (QED) is 0.728. The van der Waals surface area contributed by atoms with Crippen molar-refractivity contribution >= 4 is 23.2 Å². The Morgan fingerprint density at radius 3 is 2.44 bits per heavy atom. The minimum Gasteiger partial charge on any atom is -0.316 e. The van der Waals surface area contributed by atoms with Crippen LogP contribution in [0.5, 0.6) is 0 Å². The van der Waals surface area contributed by atoms with Gasteiger partial charge in [-0.2, -0.15) is 0 Å². The van der Waals surface area contributed by atoms with E-state index < -0.39 is 0 Å². The summed E-state index contributed by atoms with van der Waals surface area (Å²) < 4.78 is 1.83. The van der Waals surface area contributed by atoms with E-state index in [1.165, 1.54) is 11.1 Å². The van der Waals surface area contributed by atoms with Crippen molar-refractivity contribution in [3.05, 3.63) is 39.9 Å². The van der Waals surface area contributed by atoms with E-state index in [1.54, 1.807) is 6.33 Å². The first-order valence-electron chi connectivity index (χ1n) is 5.18. The van der Waals surface area contributed by atoms with E-state index in [0.717, 1.165) is 12.0 Å². The molecule has 1 aromatic heterocycles. The number of halogens is 2. The maximum atomic E-state index is 6.02. The zero-order valence-electron chi connectivity index (χ0n) is 9.85. The average molecular weight is 259 g/mol. The van der Waals surface area contributed by atoms with Crippen LogP contribution in [0.4, 0.5) is 0 Å². The van der Waals surface area contributed by atoms with Gasteiger partial charge in [0.05, 0.1) is 12.9 Å². The Morgan fingerprint density at radius 1 is 1.44 bits per heavy atom. The third kappa shape index (κ3) is 2.89. The number of hydrogen-bond donors (Lipinski definition) is 0. The largest absolute Gasteiger partial charge is 0.316 e. The van der Waals surface area contributed by atoms with Crippen molar-refractivity contribution in [3.63, 3.8) is 0 Å². The molecule has 0 aromatic carbocycles. The van der Waals surface area contributed by atoms with E-state index in [4.69, 9.17) is 23.2 Å². The molecule has 1 heterocycles. The average Bonchev–Trinajstić information content (AvgIpc) is 2.55. The van der Waals surface area contributed by atoms with Crippen LogP contribution in [0.2, 0.25) is 10.3 Å². The van der Waals surface area contributed by atoms with Gasteiger partial charge in [0.1, 0.15) is 5.15 Å². The summed E-state index contributed by atoms with van der Waals surface area (Å²) in [5, 5.41) is 0.821. The third-order valence-corrected chi connectivity index (χ3v) is 3.39. The smallest absolute Gasteiger partial charge is 0.166 e. The van der Waals surface area contributed by atoms with Crippen LogP contribution >= 0.6 is 23.2 Å². The zero-order chi connectivity index (χ0) is 12.3. The molecular formula is C12H16Cl2N2. The van der Waals surface area contributed by atoms with Crippen LogP contribution in [-0.4, -0.2) is 9.55 Å². The zero-order valence-corrected chi connectivity index (χ0v) is 11.4. The molecule has 0 amide bonds. The SMILES string of the molecule is C=C(C)/C(Cn1cnc(Cl)c1Cl)=C(/C)CC. The molecule has 0 saturated heterocycles. The van der Waals surface area contributed by atoms with Crippen LogP contribution in [0.15, 0.2) is 29.6 Å². The Labute approximate surface area is 107 Å². The van der Waals surface area contributed by atoms with E-state index in [9.17, 15) is 0 Å². The van der Waals surface area contributed by atoms with Gasteiger partial charge in [-0.25, -0.2) is 4.98 Å². The molecule has 0 spiro atoms. The molecule has 0 unspecified atom stereocenters. The lowest BCUT2D eigenvalue weighted by Gasteiger charge is -2.12. The summed E-state index contributed by atoms with van der Waals surface area (Å²) in [6.45, 7) is 10.9. The second-order valence-corrected chi connectivity index (χ2v) is 4.56. The summed E-state index contributed by atoms with van der Waals surface area (Å²) in [6.07, 6.45) is 2.65. The fourth-order valence-corrected chi connectivity index (χ4v) is 1.78. The molecule has 0 fully saturated rings. The van der Waals surface area contributed by atoms with E-state index in [1.807, 2.05) is 11.5 Å². The van der Waals surface area contributed by atoms with Crippen LogP contribution in [0, 0.1) is 0 Å². The number of imidazole rings is 1. The van der Waals surface area contributed by atoms with Crippen molar-refractivity contribution in [2.75, 3.05) is 0 Å². The van der Waals surface area contributed by atoms with Crippen molar-refractivity contribution in [1.29, 1.82) is 0 Å². The van der Waals surface area contributed by atoms with Gasteiger partial charge in [0.2, 0.25) is 0 Å². The highest BCUT2D eigenvalue weighted by atomic mass is 35.5. The molecule has 0 N–H and O–H groups in total. The highest BCUT2D eigenvalue weighted by Crippen LogP contribution is 2.24. The summed E-state index contributed by atoms with van der Waals surface area (Å²) in [6, 6.07) is 0. The fourth-order valence-electron chi connectivity index (χ4n) is 1.47. The molecule has 0 saturated carbocycles. The molecule has 88 valence electrons. The standard InChI is InChI=1S/C12H16Cl2N2/c1-5-9(4)10(8(2)3)6-16-7-15-11(13)12(16)14/h7H,2,5-6H2,1,3-4H3/b10-9-. The summed E-state index contributed by atoms with van der Waals surface area (Å²) in [5.41, 5.74) is 3.58. The van der Waals surface area contributed by atoms with Crippen molar-refractivity contribution in [3.8, 4) is 0 Å². The van der Waals surface area contributed by atoms with Crippen molar-refractivity contribution < 1.29 is 0 Å². The Morgan fingerprint density at radius 2 is 2.06 bits per heavy atom. The van der Waals surface area contributed by atoms with Crippen molar-refractivity contribution in [1.82, 2.24) is 9.55 Å². The molecule has 1 rings (SSSR count). The van der Waals surface area contributed by atoms with Crippen LogP contribution < -0.4 is 0 Å². The molecule has 4 heteroatoms. The second kappa shape index (κ2) is 5.55. The Bertz CT molecular complexity index is 430. The number of nitrogens with zero attached hydrogens (tertiary/aromatic N) is 2. The topological polar surface area (TPSA) is 17.8 Å². The molecule has 0 aliphatic rings. The maximum absolute atomic E-state index is 6.02. The lowest BCUT2D eigenvalue weighted by molar-refractivity contribution is 0.774. The van der Waals surface area contributed by atoms with E-state index in [0.29, 0.717) is 16.9 Å². The normalized spacial score (nSPS) is 12.6. The minimum atomic E-state index is 0.344. The van der Waals surface area contributed by atoms with Crippen LogP contribution in [0.25, 0.3) is 0 Å². The van der Waals surface area contributed by atoms with E-state index in [-0.39, 0.29) is 0 Å². The van der Waals surface area contributed by atoms with Crippen LogP contribution in [-0.2, 0) is 6.54 Å². The van der Waals surface area contributed by atoms with Crippen molar-refractivity contribution in [2.24, 2.45) is 0 Å². The van der Waals surface area contributed by atoms with Crippen molar-refractivity contribution in [2.45, 2.75) is 33.7 Å². The van der Waals surface area contributed by atoms with Crippen LogP contribution in [0.1, 0.15) is 27.2 Å². The van der Waals surface area contributed by atoms with Gasteiger partial charge in [0.15, 0.2) is 5.15 Å². The summed E-state index contributed by atoms with van der Waals surface area (Å²) in [4.78, 5) is 3.96. The highest BCUT2D eigenvalue weighted by molar-refractivity contribution is 6.40. The summed E-state index contributed by atoms with van der Waals surface area (Å²) in [5.74, 6) is 0. The predicted octanol–water partition coefficient (Wildman–Crippen LogP) is 4.49. The minimum absolute atomic E-state index is 0.344. The molecular weight excluding hydrogens is 243 g/mol. The van der Waals surface area contributed by atoms with E-state index in [2.05, 4.69) is 25.4 Å². The molecule has 0 atom stereocenters. The van der Waals surface area contributed by atoms with Gasteiger partial charge < -0.3 is 4.57 Å². The molecule has 2 nitrogen and oxygen atoms in total. The first kappa shape index (κ1) is 13.3. The highest BCUT2D eigenvalue weighted by Gasteiger charge is 2.09. The van der Waals surface area contributed by atoms with Gasteiger partial charge in [-0.15, -0.1) is 0 Å². The molecule has 16 heavy (non-hydrogen) atoms. The lowest BCUT2D eigenvalue weighted by atomic mass is 10.0. The Hall–Kier alpha value is -0.730. The first-order valence-corrected chi connectivity index (χ1v) is 5.93. The second-order valence-electron chi connectivity index (χ2n) is 3.85.